The van der Waals surface area contributed by atoms with Gasteiger partial charge in [-0.15, -0.1) is 0 Å². The van der Waals surface area contributed by atoms with Crippen molar-refractivity contribution in [3.63, 3.8) is 0 Å². The molecule has 2 aliphatic heterocycles. The van der Waals surface area contributed by atoms with E-state index in [1.807, 2.05) is 6.07 Å². The number of carbonyl (C=O) groups excluding carboxylic acids is 3. The minimum absolute atomic E-state index is 0.0748. The number of carbonyl (C=O) groups is 3. The van der Waals surface area contributed by atoms with E-state index in [-0.39, 0.29) is 29.4 Å². The first-order valence-corrected chi connectivity index (χ1v) is 17.5. The molecule has 2 aromatic carbocycles. The Bertz CT molecular complexity index is 1570. The number of halogens is 2. The van der Waals surface area contributed by atoms with E-state index < -0.39 is 34.6 Å². The zero-order valence-corrected chi connectivity index (χ0v) is 29.3. The van der Waals surface area contributed by atoms with E-state index in [1.54, 1.807) is 51.1 Å². The molecule has 2 saturated carbocycles. The molecule has 0 aromatic heterocycles. The van der Waals surface area contributed by atoms with Crippen molar-refractivity contribution in [1.82, 2.24) is 10.6 Å². The summed E-state index contributed by atoms with van der Waals surface area (Å²) in [4.78, 5) is 42.2. The molecule has 4 aliphatic rings. The summed E-state index contributed by atoms with van der Waals surface area (Å²) in [5, 5.41) is 24.0. The summed E-state index contributed by atoms with van der Waals surface area (Å²) in [5.41, 5.74) is -0.114. The van der Waals surface area contributed by atoms with Gasteiger partial charge in [0.1, 0.15) is 11.0 Å². The Morgan fingerprint density at radius 1 is 0.957 bits per heavy atom. The second-order valence-electron chi connectivity index (χ2n) is 15.7. The van der Waals surface area contributed by atoms with Crippen LogP contribution < -0.4 is 21.3 Å². The molecule has 6 rings (SSSR count). The fourth-order valence-electron chi connectivity index (χ4n) is 8.48. The van der Waals surface area contributed by atoms with Gasteiger partial charge in [-0.3, -0.25) is 20.2 Å². The van der Waals surface area contributed by atoms with E-state index >= 15 is 0 Å². The first kappa shape index (κ1) is 34.0. The standard InChI is InChI=1S/C36H46Cl2N4O5/c1-33(2,3)47-32(46)40-24-17-20(16-22(38)18-24)28-29(30(44)39-23-7-9-25(43)10-8-23)42-35(14-12-34(4,5)13-15-35)36(28)26-11-6-21(37)19-27(26)41-31(36)45/h6,11,16-19,23,25,28-29,42-43H,7-10,12-15H2,1-5H3,(H,39,44)(H,40,46)(H,41,45)/t23-,25-,28-,29+,36+/m0/s1. The SMILES string of the molecule is CC1(C)CCC2(CC1)N[C@@H](C(=O)N[C@H]1CC[C@H](O)CC1)[C@H](c1cc(Cl)cc(NC(=O)OC(C)(C)C)c1)[C@]21C(=O)Nc2cc(Cl)ccc21. The summed E-state index contributed by atoms with van der Waals surface area (Å²) in [6.45, 7) is 9.85. The number of aliphatic hydroxyl groups excluding tert-OH is 1. The molecule has 5 N–H and O–H groups in total. The summed E-state index contributed by atoms with van der Waals surface area (Å²) >= 11 is 13.2. The average molecular weight is 686 g/mol. The van der Waals surface area contributed by atoms with E-state index in [1.165, 1.54) is 0 Å². The van der Waals surface area contributed by atoms with Crippen LogP contribution in [0.15, 0.2) is 36.4 Å². The van der Waals surface area contributed by atoms with Crippen LogP contribution in [0.4, 0.5) is 16.2 Å². The molecule has 11 heteroatoms. The van der Waals surface area contributed by atoms with Crippen LogP contribution in [-0.4, -0.2) is 52.3 Å². The summed E-state index contributed by atoms with van der Waals surface area (Å²) in [5.74, 6) is -1.09. The van der Waals surface area contributed by atoms with Crippen molar-refractivity contribution in [2.75, 3.05) is 10.6 Å². The van der Waals surface area contributed by atoms with Gasteiger partial charge in [0.15, 0.2) is 0 Å². The summed E-state index contributed by atoms with van der Waals surface area (Å²) in [6, 6.07) is 9.83. The van der Waals surface area contributed by atoms with E-state index in [9.17, 15) is 19.5 Å². The minimum Gasteiger partial charge on any atom is -0.444 e. The molecule has 0 unspecified atom stereocenters. The molecule has 0 bridgehead atoms. The molecule has 2 aliphatic carbocycles. The Morgan fingerprint density at radius 3 is 2.30 bits per heavy atom. The molecule has 47 heavy (non-hydrogen) atoms. The van der Waals surface area contributed by atoms with Gasteiger partial charge >= 0.3 is 6.09 Å². The summed E-state index contributed by atoms with van der Waals surface area (Å²) in [7, 11) is 0. The van der Waals surface area contributed by atoms with Crippen LogP contribution in [-0.2, 0) is 19.7 Å². The molecule has 9 nitrogen and oxygen atoms in total. The lowest BCUT2D eigenvalue weighted by molar-refractivity contribution is -0.125. The van der Waals surface area contributed by atoms with Gasteiger partial charge in [0.25, 0.3) is 0 Å². The second-order valence-corrected chi connectivity index (χ2v) is 16.6. The first-order chi connectivity index (χ1) is 22.0. The average Bonchev–Trinajstić information content (AvgIpc) is 3.42. The molecule has 254 valence electrons. The molecule has 0 radical (unpaired) electrons. The Hall–Kier alpha value is -2.85. The topological polar surface area (TPSA) is 129 Å². The molecule has 1 saturated heterocycles. The number of fused-ring (bicyclic) bond motifs is 3. The van der Waals surface area contributed by atoms with Crippen LogP contribution in [0.1, 0.15) is 103 Å². The first-order valence-electron chi connectivity index (χ1n) is 16.7. The van der Waals surface area contributed by atoms with E-state index in [4.69, 9.17) is 27.9 Å². The fraction of sp³-hybridized carbons (Fsp3) is 0.583. The van der Waals surface area contributed by atoms with Crippen LogP contribution in [0.25, 0.3) is 0 Å². The Labute approximate surface area is 286 Å². The van der Waals surface area contributed by atoms with Crippen molar-refractivity contribution < 1.29 is 24.2 Å². The molecule has 2 heterocycles. The van der Waals surface area contributed by atoms with Crippen molar-refractivity contribution in [1.29, 1.82) is 0 Å². The highest BCUT2D eigenvalue weighted by atomic mass is 35.5. The van der Waals surface area contributed by atoms with Crippen molar-refractivity contribution in [2.45, 2.75) is 127 Å². The third-order valence-electron chi connectivity index (χ3n) is 10.7. The van der Waals surface area contributed by atoms with Crippen LogP contribution >= 0.6 is 23.2 Å². The van der Waals surface area contributed by atoms with Crippen LogP contribution in [0.2, 0.25) is 10.0 Å². The number of amides is 3. The molecule has 2 aromatic rings. The van der Waals surface area contributed by atoms with Gasteiger partial charge in [0.05, 0.1) is 12.1 Å². The maximum Gasteiger partial charge on any atom is 0.412 e. The third kappa shape index (κ3) is 6.36. The van der Waals surface area contributed by atoms with Gasteiger partial charge < -0.3 is 20.5 Å². The largest absolute Gasteiger partial charge is 0.444 e. The number of aliphatic hydroxyl groups is 1. The summed E-state index contributed by atoms with van der Waals surface area (Å²) in [6.07, 6.45) is 4.69. The lowest BCUT2D eigenvalue weighted by atomic mass is 9.53. The van der Waals surface area contributed by atoms with Crippen LogP contribution in [0.5, 0.6) is 0 Å². The van der Waals surface area contributed by atoms with E-state index in [2.05, 4.69) is 35.1 Å². The van der Waals surface area contributed by atoms with E-state index in [0.717, 1.165) is 18.4 Å². The molecular weight excluding hydrogens is 639 g/mol. The Balaban J connectivity index is 1.51. The lowest BCUT2D eigenvalue weighted by Gasteiger charge is -2.50. The molecule has 3 fully saturated rings. The highest BCUT2D eigenvalue weighted by Gasteiger charge is 2.72. The highest BCUT2D eigenvalue weighted by Crippen LogP contribution is 2.64. The third-order valence-corrected chi connectivity index (χ3v) is 11.2. The number of benzene rings is 2. The van der Waals surface area contributed by atoms with Crippen molar-refractivity contribution in [3.05, 3.63) is 57.6 Å². The zero-order chi connectivity index (χ0) is 33.9. The van der Waals surface area contributed by atoms with Gasteiger partial charge in [0.2, 0.25) is 11.8 Å². The van der Waals surface area contributed by atoms with Gasteiger partial charge in [-0.2, -0.15) is 0 Å². The fourth-order valence-corrected chi connectivity index (χ4v) is 8.90. The number of nitrogens with one attached hydrogen (secondary N) is 4. The smallest absolute Gasteiger partial charge is 0.412 e. The predicted octanol–water partition coefficient (Wildman–Crippen LogP) is 7.04. The van der Waals surface area contributed by atoms with Gasteiger partial charge in [-0.1, -0.05) is 43.1 Å². The second kappa shape index (κ2) is 12.2. The normalized spacial score (nSPS) is 29.3. The number of rotatable bonds is 4. The number of anilines is 2. The highest BCUT2D eigenvalue weighted by molar-refractivity contribution is 6.31. The number of ether oxygens (including phenoxy) is 1. The van der Waals surface area contributed by atoms with Crippen molar-refractivity contribution in [2.24, 2.45) is 5.41 Å². The van der Waals surface area contributed by atoms with Gasteiger partial charge in [-0.25, -0.2) is 4.79 Å². The van der Waals surface area contributed by atoms with Crippen molar-refractivity contribution in [3.8, 4) is 0 Å². The van der Waals surface area contributed by atoms with Crippen molar-refractivity contribution >= 4 is 52.5 Å². The van der Waals surface area contributed by atoms with Gasteiger partial charge in [-0.05, 0) is 119 Å². The van der Waals surface area contributed by atoms with Crippen LogP contribution in [0, 0.1) is 5.41 Å². The molecule has 3 atom stereocenters. The van der Waals surface area contributed by atoms with E-state index in [0.29, 0.717) is 65.5 Å². The number of hydrogen-bond donors (Lipinski definition) is 5. The Morgan fingerprint density at radius 2 is 1.64 bits per heavy atom. The molecular formula is C36H46Cl2N4O5. The maximum absolute atomic E-state index is 14.8. The summed E-state index contributed by atoms with van der Waals surface area (Å²) < 4.78 is 5.51. The van der Waals surface area contributed by atoms with Crippen LogP contribution in [0.3, 0.4) is 0 Å². The molecule has 2 spiro atoms. The lowest BCUT2D eigenvalue weighted by Crippen LogP contribution is -2.61. The number of hydrogen-bond acceptors (Lipinski definition) is 6. The maximum atomic E-state index is 14.8. The minimum atomic E-state index is -1.19. The quantitative estimate of drug-likeness (QED) is 0.235. The zero-order valence-electron chi connectivity index (χ0n) is 27.8. The molecule has 3 amide bonds. The predicted molar refractivity (Wildman–Crippen MR) is 184 cm³/mol. The monoisotopic (exact) mass is 684 g/mol. The Kier molecular flexibility index (Phi) is 8.86. The van der Waals surface area contributed by atoms with Gasteiger partial charge in [0, 0.05) is 38.9 Å².